The van der Waals surface area contributed by atoms with Crippen molar-refractivity contribution in [2.75, 3.05) is 23.3 Å². The maximum Gasteiger partial charge on any atom is 0.293 e. The van der Waals surface area contributed by atoms with Gasteiger partial charge in [0, 0.05) is 23.7 Å². The quantitative estimate of drug-likeness (QED) is 0.509. The van der Waals surface area contributed by atoms with Crippen molar-refractivity contribution in [1.29, 1.82) is 0 Å². The standard InChI is InChI=1S/C23H22ClN3O2S/c24-17-8-6-7-16(15-17)20-11-12-21(29-20)22(28)26-23(30)25-18-9-2-3-10-19(18)27-13-4-1-5-14-27/h2-3,6-12,15H,1,4-5,13-14H2,(H2,25,26,28,30). The van der Waals surface area contributed by atoms with Gasteiger partial charge >= 0.3 is 0 Å². The molecule has 1 fully saturated rings. The van der Waals surface area contributed by atoms with E-state index in [4.69, 9.17) is 28.2 Å². The molecule has 0 bridgehead atoms. The van der Waals surface area contributed by atoms with E-state index in [1.54, 1.807) is 24.3 Å². The molecule has 1 saturated heterocycles. The van der Waals surface area contributed by atoms with Gasteiger partial charge in [-0.15, -0.1) is 0 Å². The highest BCUT2D eigenvalue weighted by Crippen LogP contribution is 2.28. The number of rotatable bonds is 4. The van der Waals surface area contributed by atoms with Gasteiger partial charge in [0.15, 0.2) is 10.9 Å². The molecule has 0 atom stereocenters. The van der Waals surface area contributed by atoms with Crippen molar-refractivity contribution in [2.45, 2.75) is 19.3 Å². The second-order valence-electron chi connectivity index (χ2n) is 7.15. The summed E-state index contributed by atoms with van der Waals surface area (Å²) in [4.78, 5) is 14.9. The van der Waals surface area contributed by atoms with Crippen LogP contribution in [0.2, 0.25) is 5.02 Å². The first-order valence-electron chi connectivity index (χ1n) is 9.92. The molecule has 2 aromatic carbocycles. The molecule has 2 heterocycles. The van der Waals surface area contributed by atoms with Crippen molar-refractivity contribution in [1.82, 2.24) is 5.32 Å². The molecule has 0 unspecified atom stereocenters. The van der Waals surface area contributed by atoms with Crippen LogP contribution in [0.3, 0.4) is 0 Å². The Morgan fingerprint density at radius 3 is 2.60 bits per heavy atom. The van der Waals surface area contributed by atoms with E-state index in [2.05, 4.69) is 21.6 Å². The predicted molar refractivity (Wildman–Crippen MR) is 125 cm³/mol. The number of piperidine rings is 1. The fourth-order valence-electron chi connectivity index (χ4n) is 3.56. The summed E-state index contributed by atoms with van der Waals surface area (Å²) in [5.74, 6) is 0.339. The van der Waals surface area contributed by atoms with E-state index in [0.717, 1.165) is 30.0 Å². The molecule has 7 heteroatoms. The molecule has 0 aliphatic carbocycles. The number of hydrogen-bond donors (Lipinski definition) is 2. The number of nitrogens with one attached hydrogen (secondary N) is 2. The number of anilines is 2. The Morgan fingerprint density at radius 1 is 1.00 bits per heavy atom. The van der Waals surface area contributed by atoms with Crippen LogP contribution in [-0.2, 0) is 0 Å². The molecule has 5 nitrogen and oxygen atoms in total. The fraction of sp³-hybridized carbons (Fsp3) is 0.217. The molecule has 0 radical (unpaired) electrons. The van der Waals surface area contributed by atoms with Gasteiger partial charge in [0.25, 0.3) is 5.91 Å². The lowest BCUT2D eigenvalue weighted by molar-refractivity contribution is 0.0951. The van der Waals surface area contributed by atoms with Crippen molar-refractivity contribution >= 4 is 46.2 Å². The second kappa shape index (κ2) is 9.32. The molecule has 1 amide bonds. The molecule has 30 heavy (non-hydrogen) atoms. The number of benzene rings is 2. The molecule has 3 aromatic rings. The van der Waals surface area contributed by atoms with Crippen LogP contribution >= 0.6 is 23.8 Å². The number of furan rings is 1. The summed E-state index contributed by atoms with van der Waals surface area (Å²) in [7, 11) is 0. The average molecular weight is 440 g/mol. The number of halogens is 1. The highest BCUT2D eigenvalue weighted by atomic mass is 35.5. The van der Waals surface area contributed by atoms with E-state index < -0.39 is 5.91 Å². The van der Waals surface area contributed by atoms with Crippen LogP contribution in [-0.4, -0.2) is 24.1 Å². The van der Waals surface area contributed by atoms with Crippen molar-refractivity contribution in [3.05, 3.63) is 71.4 Å². The Hall–Kier alpha value is -2.83. The van der Waals surface area contributed by atoms with Gasteiger partial charge in [-0.2, -0.15) is 0 Å². The van der Waals surface area contributed by atoms with E-state index in [-0.39, 0.29) is 10.9 Å². The Kier molecular flexibility index (Phi) is 6.35. The maximum absolute atomic E-state index is 12.6. The van der Waals surface area contributed by atoms with Gasteiger partial charge < -0.3 is 14.6 Å². The van der Waals surface area contributed by atoms with E-state index in [9.17, 15) is 4.79 Å². The van der Waals surface area contributed by atoms with E-state index in [1.165, 1.54) is 19.3 Å². The third kappa shape index (κ3) is 4.83. The van der Waals surface area contributed by atoms with E-state index in [1.807, 2.05) is 30.3 Å². The number of carbonyl (C=O) groups excluding carboxylic acids is 1. The summed E-state index contributed by atoms with van der Waals surface area (Å²) in [5.41, 5.74) is 2.77. The number of nitrogens with zero attached hydrogens (tertiary/aromatic N) is 1. The van der Waals surface area contributed by atoms with Gasteiger partial charge in [-0.25, -0.2) is 0 Å². The molecule has 0 saturated carbocycles. The zero-order chi connectivity index (χ0) is 20.9. The van der Waals surface area contributed by atoms with Crippen molar-refractivity contribution in [3.8, 4) is 11.3 Å². The van der Waals surface area contributed by atoms with Gasteiger partial charge in [-0.1, -0.05) is 35.9 Å². The minimum Gasteiger partial charge on any atom is -0.451 e. The minimum absolute atomic E-state index is 0.179. The molecule has 2 N–H and O–H groups in total. The number of thiocarbonyl (C=S) groups is 1. The van der Waals surface area contributed by atoms with Crippen LogP contribution in [0, 0.1) is 0 Å². The lowest BCUT2D eigenvalue weighted by atomic mass is 10.1. The molecule has 1 aliphatic rings. The van der Waals surface area contributed by atoms with Crippen LogP contribution in [0.25, 0.3) is 11.3 Å². The minimum atomic E-state index is -0.406. The van der Waals surface area contributed by atoms with Crippen LogP contribution < -0.4 is 15.5 Å². The van der Waals surface area contributed by atoms with Gasteiger partial charge in [0.05, 0.1) is 11.4 Å². The van der Waals surface area contributed by atoms with Crippen molar-refractivity contribution < 1.29 is 9.21 Å². The number of para-hydroxylation sites is 2. The molecule has 154 valence electrons. The van der Waals surface area contributed by atoms with Crippen molar-refractivity contribution in [2.24, 2.45) is 0 Å². The molecule has 1 aliphatic heterocycles. The number of hydrogen-bond acceptors (Lipinski definition) is 4. The Balaban J connectivity index is 1.42. The highest BCUT2D eigenvalue weighted by molar-refractivity contribution is 7.80. The molecular weight excluding hydrogens is 418 g/mol. The molecule has 0 spiro atoms. The second-order valence-corrected chi connectivity index (χ2v) is 7.99. The highest BCUT2D eigenvalue weighted by Gasteiger charge is 2.17. The largest absolute Gasteiger partial charge is 0.451 e. The van der Waals surface area contributed by atoms with Gasteiger partial charge in [0.1, 0.15) is 5.76 Å². The summed E-state index contributed by atoms with van der Waals surface area (Å²) in [6.07, 6.45) is 3.63. The summed E-state index contributed by atoms with van der Waals surface area (Å²) < 4.78 is 5.69. The SMILES string of the molecule is O=C(NC(=S)Nc1ccccc1N1CCCCC1)c1ccc(-c2cccc(Cl)c2)o1. The van der Waals surface area contributed by atoms with Gasteiger partial charge in [-0.05, 0) is 67.9 Å². The summed E-state index contributed by atoms with van der Waals surface area (Å²) in [6.45, 7) is 2.05. The van der Waals surface area contributed by atoms with Gasteiger partial charge in [0.2, 0.25) is 0 Å². The van der Waals surface area contributed by atoms with Crippen LogP contribution in [0.4, 0.5) is 11.4 Å². The molecule has 4 rings (SSSR count). The van der Waals surface area contributed by atoms with Crippen LogP contribution in [0.5, 0.6) is 0 Å². The lowest BCUT2D eigenvalue weighted by Crippen LogP contribution is -2.35. The van der Waals surface area contributed by atoms with E-state index in [0.29, 0.717) is 10.8 Å². The zero-order valence-corrected chi connectivity index (χ0v) is 17.9. The van der Waals surface area contributed by atoms with Gasteiger partial charge in [-0.3, -0.25) is 10.1 Å². The summed E-state index contributed by atoms with van der Waals surface area (Å²) in [6, 6.07) is 18.6. The Labute approximate surface area is 186 Å². The molecular formula is C23H22ClN3O2S. The Bertz CT molecular complexity index is 1060. The number of carbonyl (C=O) groups is 1. The number of amides is 1. The summed E-state index contributed by atoms with van der Waals surface area (Å²) in [5, 5.41) is 6.68. The van der Waals surface area contributed by atoms with E-state index >= 15 is 0 Å². The maximum atomic E-state index is 12.6. The fourth-order valence-corrected chi connectivity index (χ4v) is 3.96. The summed E-state index contributed by atoms with van der Waals surface area (Å²) >= 11 is 11.4. The lowest BCUT2D eigenvalue weighted by Gasteiger charge is -2.30. The monoisotopic (exact) mass is 439 g/mol. The first kappa shape index (κ1) is 20.4. The normalized spacial score (nSPS) is 13.7. The zero-order valence-electron chi connectivity index (χ0n) is 16.4. The van der Waals surface area contributed by atoms with Crippen LogP contribution in [0.1, 0.15) is 29.8 Å². The van der Waals surface area contributed by atoms with Crippen molar-refractivity contribution in [3.63, 3.8) is 0 Å². The first-order chi connectivity index (χ1) is 14.6. The smallest absolute Gasteiger partial charge is 0.293 e. The topological polar surface area (TPSA) is 57.5 Å². The third-order valence-electron chi connectivity index (χ3n) is 5.01. The predicted octanol–water partition coefficient (Wildman–Crippen LogP) is 5.72. The molecule has 1 aromatic heterocycles. The Morgan fingerprint density at radius 2 is 1.80 bits per heavy atom. The average Bonchev–Trinajstić information content (AvgIpc) is 3.25. The van der Waals surface area contributed by atoms with Crippen LogP contribution in [0.15, 0.2) is 65.1 Å². The first-order valence-corrected chi connectivity index (χ1v) is 10.7. The third-order valence-corrected chi connectivity index (χ3v) is 5.45.